The quantitative estimate of drug-likeness (QED) is 0.445. The molecule has 7 nitrogen and oxygen atoms in total. The summed E-state index contributed by atoms with van der Waals surface area (Å²) in [7, 11) is 1.59. The van der Waals surface area contributed by atoms with Crippen LogP contribution in [0.1, 0.15) is 5.56 Å². The summed E-state index contributed by atoms with van der Waals surface area (Å²) in [5.74, 6) is 6.71. The lowest BCUT2D eigenvalue weighted by molar-refractivity contribution is -0.118. The SMILES string of the molecule is COCCNC(=O)CSc1nnc(-c2ccc(C)cc2)n1N. The monoisotopic (exact) mass is 321 g/mol. The van der Waals surface area contributed by atoms with Gasteiger partial charge in [0.2, 0.25) is 11.1 Å². The summed E-state index contributed by atoms with van der Waals surface area (Å²) >= 11 is 1.24. The molecule has 3 N–H and O–H groups in total. The van der Waals surface area contributed by atoms with Gasteiger partial charge in [0, 0.05) is 19.2 Å². The molecule has 1 aromatic heterocycles. The molecule has 0 spiro atoms. The summed E-state index contributed by atoms with van der Waals surface area (Å²) in [5.41, 5.74) is 2.05. The van der Waals surface area contributed by atoms with Crippen molar-refractivity contribution in [3.05, 3.63) is 29.8 Å². The zero-order valence-corrected chi connectivity index (χ0v) is 13.4. The molecule has 22 heavy (non-hydrogen) atoms. The minimum atomic E-state index is -0.0954. The fraction of sp³-hybridized carbons (Fsp3) is 0.357. The number of methoxy groups -OCH3 is 1. The molecule has 0 atom stereocenters. The fourth-order valence-electron chi connectivity index (χ4n) is 1.75. The summed E-state index contributed by atoms with van der Waals surface area (Å²) in [6.07, 6.45) is 0. The van der Waals surface area contributed by atoms with Crippen LogP contribution in [0.3, 0.4) is 0 Å². The predicted molar refractivity (Wildman–Crippen MR) is 86.0 cm³/mol. The molecule has 2 aromatic rings. The fourth-order valence-corrected chi connectivity index (χ4v) is 2.43. The van der Waals surface area contributed by atoms with E-state index in [2.05, 4.69) is 15.5 Å². The summed E-state index contributed by atoms with van der Waals surface area (Å²) in [5, 5.41) is 11.3. The summed E-state index contributed by atoms with van der Waals surface area (Å²) in [6.45, 7) is 2.99. The average Bonchev–Trinajstić information content (AvgIpc) is 2.87. The minimum absolute atomic E-state index is 0.0954. The van der Waals surface area contributed by atoms with E-state index in [0.717, 1.165) is 11.1 Å². The number of carbonyl (C=O) groups excluding carboxylic acids is 1. The van der Waals surface area contributed by atoms with Crippen LogP contribution in [-0.2, 0) is 9.53 Å². The third-order valence-corrected chi connectivity index (χ3v) is 3.88. The van der Waals surface area contributed by atoms with Gasteiger partial charge in [-0.3, -0.25) is 4.79 Å². The van der Waals surface area contributed by atoms with Crippen molar-refractivity contribution in [2.75, 3.05) is 31.9 Å². The van der Waals surface area contributed by atoms with E-state index >= 15 is 0 Å². The molecule has 0 aliphatic heterocycles. The molecule has 0 saturated carbocycles. The van der Waals surface area contributed by atoms with E-state index < -0.39 is 0 Å². The summed E-state index contributed by atoms with van der Waals surface area (Å²) < 4.78 is 6.27. The van der Waals surface area contributed by atoms with Gasteiger partial charge in [-0.25, -0.2) is 4.68 Å². The van der Waals surface area contributed by atoms with Crippen LogP contribution in [-0.4, -0.2) is 46.8 Å². The van der Waals surface area contributed by atoms with E-state index in [1.807, 2.05) is 31.2 Å². The molecule has 0 aliphatic rings. The number of benzene rings is 1. The molecule has 0 saturated heterocycles. The molecule has 0 radical (unpaired) electrons. The van der Waals surface area contributed by atoms with E-state index in [0.29, 0.717) is 24.1 Å². The number of aryl methyl sites for hydroxylation is 1. The van der Waals surface area contributed by atoms with Gasteiger partial charge in [-0.1, -0.05) is 41.6 Å². The molecule has 1 amide bonds. The topological polar surface area (TPSA) is 95.1 Å². The number of aromatic nitrogens is 3. The Labute approximate surface area is 133 Å². The number of hydrogen-bond donors (Lipinski definition) is 2. The van der Waals surface area contributed by atoms with Crippen molar-refractivity contribution in [2.45, 2.75) is 12.1 Å². The molecule has 0 unspecified atom stereocenters. The van der Waals surface area contributed by atoms with Crippen LogP contribution in [0.2, 0.25) is 0 Å². The second-order valence-corrected chi connectivity index (χ2v) is 5.62. The first-order chi connectivity index (χ1) is 10.6. The molecule has 0 bridgehead atoms. The summed E-state index contributed by atoms with van der Waals surface area (Å²) in [6, 6.07) is 7.85. The molecule has 1 heterocycles. The van der Waals surface area contributed by atoms with Gasteiger partial charge >= 0.3 is 0 Å². The number of amides is 1. The average molecular weight is 321 g/mol. The van der Waals surface area contributed by atoms with Gasteiger partial charge in [-0.15, -0.1) is 10.2 Å². The zero-order chi connectivity index (χ0) is 15.9. The van der Waals surface area contributed by atoms with E-state index in [4.69, 9.17) is 10.6 Å². The summed E-state index contributed by atoms with van der Waals surface area (Å²) in [4.78, 5) is 11.6. The Morgan fingerprint density at radius 2 is 2.09 bits per heavy atom. The van der Waals surface area contributed by atoms with Crippen LogP contribution in [0.5, 0.6) is 0 Å². The lowest BCUT2D eigenvalue weighted by Crippen LogP contribution is -2.28. The van der Waals surface area contributed by atoms with Crippen molar-refractivity contribution in [1.29, 1.82) is 0 Å². The lowest BCUT2D eigenvalue weighted by Gasteiger charge is -2.05. The first-order valence-corrected chi connectivity index (χ1v) is 7.76. The van der Waals surface area contributed by atoms with Gasteiger partial charge in [0.1, 0.15) is 0 Å². The highest BCUT2D eigenvalue weighted by Gasteiger charge is 2.13. The van der Waals surface area contributed by atoms with Crippen molar-refractivity contribution in [2.24, 2.45) is 0 Å². The van der Waals surface area contributed by atoms with Gasteiger partial charge in [0.15, 0.2) is 5.82 Å². The molecule has 0 aliphatic carbocycles. The van der Waals surface area contributed by atoms with Crippen LogP contribution < -0.4 is 11.2 Å². The van der Waals surface area contributed by atoms with Gasteiger partial charge in [0.25, 0.3) is 0 Å². The normalized spacial score (nSPS) is 10.6. The molecule has 1 aromatic carbocycles. The molecule has 0 fully saturated rings. The second kappa shape index (κ2) is 7.81. The van der Waals surface area contributed by atoms with E-state index in [9.17, 15) is 4.79 Å². The Morgan fingerprint density at radius 1 is 1.36 bits per heavy atom. The zero-order valence-electron chi connectivity index (χ0n) is 12.6. The number of carbonyl (C=O) groups is 1. The van der Waals surface area contributed by atoms with Crippen molar-refractivity contribution < 1.29 is 9.53 Å². The highest BCUT2D eigenvalue weighted by molar-refractivity contribution is 7.99. The van der Waals surface area contributed by atoms with E-state index in [1.165, 1.54) is 16.4 Å². The van der Waals surface area contributed by atoms with Crippen LogP contribution in [0, 0.1) is 6.92 Å². The maximum atomic E-state index is 11.6. The van der Waals surface area contributed by atoms with Crippen LogP contribution in [0.4, 0.5) is 0 Å². The number of ether oxygens (including phenoxy) is 1. The van der Waals surface area contributed by atoms with Crippen molar-refractivity contribution >= 4 is 17.7 Å². The third-order valence-electron chi connectivity index (χ3n) is 2.94. The Balaban J connectivity index is 1.96. The minimum Gasteiger partial charge on any atom is -0.383 e. The number of hydrogen-bond acceptors (Lipinski definition) is 6. The number of nitrogen functional groups attached to an aromatic ring is 1. The molecular formula is C14H19N5O2S. The lowest BCUT2D eigenvalue weighted by atomic mass is 10.1. The first kappa shape index (κ1) is 16.3. The van der Waals surface area contributed by atoms with Crippen LogP contribution >= 0.6 is 11.8 Å². The Bertz CT molecular complexity index is 627. The van der Waals surface area contributed by atoms with Crippen molar-refractivity contribution in [1.82, 2.24) is 20.2 Å². The van der Waals surface area contributed by atoms with Crippen molar-refractivity contribution in [3.63, 3.8) is 0 Å². The highest BCUT2D eigenvalue weighted by Crippen LogP contribution is 2.21. The number of nitrogens with zero attached hydrogens (tertiary/aromatic N) is 3. The Hall–Kier alpha value is -2.06. The first-order valence-electron chi connectivity index (χ1n) is 6.77. The molecule has 2 rings (SSSR count). The van der Waals surface area contributed by atoms with E-state index in [-0.39, 0.29) is 11.7 Å². The molecule has 118 valence electrons. The third kappa shape index (κ3) is 4.22. The maximum absolute atomic E-state index is 11.6. The number of thioether (sulfide) groups is 1. The molecule has 8 heteroatoms. The van der Waals surface area contributed by atoms with E-state index in [1.54, 1.807) is 7.11 Å². The Morgan fingerprint density at radius 3 is 2.77 bits per heavy atom. The standard InChI is InChI=1S/C14H19N5O2S/c1-10-3-5-11(6-4-10)13-17-18-14(19(13)15)22-9-12(20)16-7-8-21-2/h3-6H,7-9,15H2,1-2H3,(H,16,20). The van der Waals surface area contributed by atoms with Crippen LogP contribution in [0.15, 0.2) is 29.4 Å². The second-order valence-electron chi connectivity index (χ2n) is 4.67. The van der Waals surface area contributed by atoms with Crippen molar-refractivity contribution in [3.8, 4) is 11.4 Å². The van der Waals surface area contributed by atoms with Gasteiger partial charge in [0.05, 0.1) is 12.4 Å². The van der Waals surface area contributed by atoms with Gasteiger partial charge in [-0.2, -0.15) is 0 Å². The van der Waals surface area contributed by atoms with Gasteiger partial charge in [-0.05, 0) is 6.92 Å². The largest absolute Gasteiger partial charge is 0.383 e. The highest BCUT2D eigenvalue weighted by atomic mass is 32.2. The smallest absolute Gasteiger partial charge is 0.230 e. The number of rotatable bonds is 7. The number of nitrogens with one attached hydrogen (secondary N) is 1. The van der Waals surface area contributed by atoms with Crippen LogP contribution in [0.25, 0.3) is 11.4 Å². The molecular weight excluding hydrogens is 302 g/mol. The maximum Gasteiger partial charge on any atom is 0.230 e. The number of nitrogens with two attached hydrogens (primary N) is 1. The Kier molecular flexibility index (Phi) is 5.79. The predicted octanol–water partition coefficient (Wildman–Crippen LogP) is 0.822. The van der Waals surface area contributed by atoms with Gasteiger partial charge < -0.3 is 15.9 Å².